The number of para-hydroxylation sites is 1. The topological polar surface area (TPSA) is 81.4 Å². The maximum Gasteiger partial charge on any atom is 0.339 e. The van der Waals surface area contributed by atoms with E-state index in [0.717, 1.165) is 12.8 Å². The highest BCUT2D eigenvalue weighted by molar-refractivity contribution is 6.05. The average molecular weight is 392 g/mol. The fourth-order valence-corrected chi connectivity index (χ4v) is 3.80. The van der Waals surface area contributed by atoms with Crippen LogP contribution < -0.4 is 5.32 Å². The van der Waals surface area contributed by atoms with E-state index in [-0.39, 0.29) is 12.5 Å². The number of esters is 1. The van der Waals surface area contributed by atoms with Gasteiger partial charge in [-0.1, -0.05) is 37.5 Å². The minimum atomic E-state index is -0.552. The van der Waals surface area contributed by atoms with Crippen molar-refractivity contribution in [2.75, 3.05) is 13.2 Å². The molecule has 6 nitrogen and oxygen atoms in total. The first kappa shape index (κ1) is 19.2. The predicted octanol–water partition coefficient (Wildman–Crippen LogP) is 4.35. The molecule has 0 aliphatic heterocycles. The van der Waals surface area contributed by atoms with E-state index in [9.17, 15) is 9.59 Å². The lowest BCUT2D eigenvalue weighted by molar-refractivity contribution is -0.124. The van der Waals surface area contributed by atoms with Crippen LogP contribution in [-0.4, -0.2) is 30.0 Å². The number of aromatic nitrogens is 1. The first-order chi connectivity index (χ1) is 14.2. The second kappa shape index (κ2) is 8.90. The van der Waals surface area contributed by atoms with Crippen molar-refractivity contribution in [2.24, 2.45) is 5.92 Å². The number of hydrogen-bond acceptors (Lipinski definition) is 5. The molecule has 0 unspecified atom stereocenters. The van der Waals surface area contributed by atoms with Gasteiger partial charge in [-0.15, -0.1) is 0 Å². The molecule has 1 amide bonds. The van der Waals surface area contributed by atoms with Crippen molar-refractivity contribution < 1.29 is 18.7 Å². The monoisotopic (exact) mass is 392 g/mol. The minimum Gasteiger partial charge on any atom is -0.463 e. The van der Waals surface area contributed by atoms with Crippen molar-refractivity contribution in [3.05, 3.63) is 54.3 Å². The van der Waals surface area contributed by atoms with Gasteiger partial charge in [0, 0.05) is 11.9 Å². The molecule has 0 saturated heterocycles. The molecule has 1 aliphatic carbocycles. The van der Waals surface area contributed by atoms with Gasteiger partial charge < -0.3 is 14.5 Å². The van der Waals surface area contributed by atoms with E-state index in [1.807, 2.05) is 24.3 Å². The van der Waals surface area contributed by atoms with Crippen molar-refractivity contribution in [3.63, 3.8) is 0 Å². The maximum absolute atomic E-state index is 12.7. The molecule has 0 radical (unpaired) electrons. The SMILES string of the molecule is O=C(COC(=O)c1cc(-c2ccco2)nc2ccccc12)NCC1CCCCC1. The molecule has 2 heterocycles. The summed E-state index contributed by atoms with van der Waals surface area (Å²) in [4.78, 5) is 29.4. The van der Waals surface area contributed by atoms with Gasteiger partial charge in [-0.05, 0) is 43.0 Å². The number of rotatable bonds is 6. The summed E-state index contributed by atoms with van der Waals surface area (Å²) in [5.74, 6) is 0.274. The lowest BCUT2D eigenvalue weighted by atomic mass is 9.89. The van der Waals surface area contributed by atoms with Crippen molar-refractivity contribution in [1.82, 2.24) is 10.3 Å². The molecule has 0 spiro atoms. The molecule has 0 atom stereocenters. The van der Waals surface area contributed by atoms with Crippen molar-refractivity contribution in [3.8, 4) is 11.5 Å². The fourth-order valence-electron chi connectivity index (χ4n) is 3.80. The first-order valence-corrected chi connectivity index (χ1v) is 10.1. The highest BCUT2D eigenvalue weighted by Crippen LogP contribution is 2.26. The Morgan fingerprint density at radius 3 is 2.72 bits per heavy atom. The predicted molar refractivity (Wildman–Crippen MR) is 109 cm³/mol. The lowest BCUT2D eigenvalue weighted by Gasteiger charge is -2.21. The van der Waals surface area contributed by atoms with Gasteiger partial charge in [0.05, 0.1) is 17.3 Å². The van der Waals surface area contributed by atoms with Crippen LogP contribution in [0.5, 0.6) is 0 Å². The van der Waals surface area contributed by atoms with Gasteiger partial charge >= 0.3 is 5.97 Å². The number of carbonyl (C=O) groups is 2. The average Bonchev–Trinajstić information content (AvgIpc) is 3.31. The molecular weight excluding hydrogens is 368 g/mol. The van der Waals surface area contributed by atoms with Crippen molar-refractivity contribution in [1.29, 1.82) is 0 Å². The number of furan rings is 1. The number of carbonyl (C=O) groups excluding carboxylic acids is 2. The number of pyridine rings is 1. The molecule has 1 fully saturated rings. The van der Waals surface area contributed by atoms with E-state index in [2.05, 4.69) is 10.3 Å². The smallest absolute Gasteiger partial charge is 0.339 e. The highest BCUT2D eigenvalue weighted by atomic mass is 16.5. The summed E-state index contributed by atoms with van der Waals surface area (Å²) in [6, 6.07) is 12.5. The molecule has 2 aromatic heterocycles. The second-order valence-corrected chi connectivity index (χ2v) is 7.43. The summed E-state index contributed by atoms with van der Waals surface area (Å²) >= 11 is 0. The van der Waals surface area contributed by atoms with Gasteiger partial charge in [0.1, 0.15) is 5.69 Å². The number of ether oxygens (including phenoxy) is 1. The van der Waals surface area contributed by atoms with Gasteiger partial charge in [-0.2, -0.15) is 0 Å². The Labute approximate surface area is 169 Å². The van der Waals surface area contributed by atoms with Gasteiger partial charge in [-0.3, -0.25) is 4.79 Å². The fraction of sp³-hybridized carbons (Fsp3) is 0.348. The summed E-state index contributed by atoms with van der Waals surface area (Å²) in [6.45, 7) is 0.357. The summed E-state index contributed by atoms with van der Waals surface area (Å²) < 4.78 is 10.7. The number of amides is 1. The third-order valence-corrected chi connectivity index (χ3v) is 5.36. The molecule has 1 saturated carbocycles. The van der Waals surface area contributed by atoms with Crippen molar-refractivity contribution >= 4 is 22.8 Å². The van der Waals surface area contributed by atoms with E-state index in [1.165, 1.54) is 19.3 Å². The lowest BCUT2D eigenvalue weighted by Crippen LogP contribution is -2.33. The number of hydrogen-bond donors (Lipinski definition) is 1. The molecule has 29 heavy (non-hydrogen) atoms. The van der Waals surface area contributed by atoms with Crippen molar-refractivity contribution in [2.45, 2.75) is 32.1 Å². The third kappa shape index (κ3) is 4.65. The summed E-state index contributed by atoms with van der Waals surface area (Å²) in [7, 11) is 0. The molecule has 1 aromatic carbocycles. The first-order valence-electron chi connectivity index (χ1n) is 10.1. The maximum atomic E-state index is 12.7. The Kier molecular flexibility index (Phi) is 5.89. The van der Waals surface area contributed by atoms with Crippen LogP contribution in [0.15, 0.2) is 53.1 Å². The van der Waals surface area contributed by atoms with E-state index < -0.39 is 5.97 Å². The number of benzene rings is 1. The largest absolute Gasteiger partial charge is 0.463 e. The van der Waals surface area contributed by atoms with E-state index in [4.69, 9.17) is 9.15 Å². The third-order valence-electron chi connectivity index (χ3n) is 5.36. The molecule has 0 bridgehead atoms. The zero-order valence-electron chi connectivity index (χ0n) is 16.2. The van der Waals surface area contributed by atoms with Crippen LogP contribution in [-0.2, 0) is 9.53 Å². The van der Waals surface area contributed by atoms with Gasteiger partial charge in [0.15, 0.2) is 12.4 Å². The molecule has 4 rings (SSSR count). The Hall–Kier alpha value is -3.15. The van der Waals surface area contributed by atoms with Gasteiger partial charge in [-0.25, -0.2) is 9.78 Å². The molecule has 3 aromatic rings. The Balaban J connectivity index is 1.44. The Bertz CT molecular complexity index is 991. The van der Waals surface area contributed by atoms with Crippen LogP contribution in [0.25, 0.3) is 22.4 Å². The van der Waals surface area contributed by atoms with Crippen LogP contribution in [0.2, 0.25) is 0 Å². The van der Waals surface area contributed by atoms with Crippen LogP contribution >= 0.6 is 0 Å². The van der Waals surface area contributed by atoms with Gasteiger partial charge in [0.2, 0.25) is 0 Å². The molecule has 1 N–H and O–H groups in total. The van der Waals surface area contributed by atoms with E-state index in [1.54, 1.807) is 24.5 Å². The summed E-state index contributed by atoms with van der Waals surface area (Å²) in [5, 5.41) is 3.56. The number of nitrogens with zero attached hydrogens (tertiary/aromatic N) is 1. The normalized spacial score (nSPS) is 14.6. The van der Waals surface area contributed by atoms with E-state index in [0.29, 0.717) is 40.4 Å². The van der Waals surface area contributed by atoms with Crippen LogP contribution in [0, 0.1) is 5.92 Å². The molecule has 6 heteroatoms. The Morgan fingerprint density at radius 2 is 1.93 bits per heavy atom. The molecule has 1 aliphatic rings. The second-order valence-electron chi connectivity index (χ2n) is 7.43. The Morgan fingerprint density at radius 1 is 1.10 bits per heavy atom. The molecular formula is C23H24N2O4. The van der Waals surface area contributed by atoms with Crippen LogP contribution in [0.3, 0.4) is 0 Å². The zero-order chi connectivity index (χ0) is 20.1. The number of fused-ring (bicyclic) bond motifs is 1. The standard InChI is InChI=1S/C23H24N2O4/c26-22(24-14-16-7-2-1-3-8-16)15-29-23(27)18-13-20(21-11-6-12-28-21)25-19-10-5-4-9-17(18)19/h4-6,9-13,16H,1-3,7-8,14-15H2,(H,24,26). The van der Waals surface area contributed by atoms with Gasteiger partial charge in [0.25, 0.3) is 5.91 Å². The van der Waals surface area contributed by atoms with E-state index >= 15 is 0 Å². The summed E-state index contributed by atoms with van der Waals surface area (Å²) in [6.07, 6.45) is 7.59. The summed E-state index contributed by atoms with van der Waals surface area (Å²) in [5.41, 5.74) is 1.57. The van der Waals surface area contributed by atoms with Crippen LogP contribution in [0.4, 0.5) is 0 Å². The molecule has 150 valence electrons. The minimum absolute atomic E-state index is 0.270. The quantitative estimate of drug-likeness (QED) is 0.631. The van der Waals surface area contributed by atoms with Crippen LogP contribution in [0.1, 0.15) is 42.5 Å². The highest BCUT2D eigenvalue weighted by Gasteiger charge is 2.18. The number of nitrogens with one attached hydrogen (secondary N) is 1. The zero-order valence-corrected chi connectivity index (χ0v) is 16.2.